The van der Waals surface area contributed by atoms with Crippen molar-refractivity contribution in [2.75, 3.05) is 0 Å². The van der Waals surface area contributed by atoms with Crippen LogP contribution in [0, 0.1) is 0 Å². The Bertz CT molecular complexity index is 1030. The van der Waals surface area contributed by atoms with E-state index in [0.29, 0.717) is 28.7 Å². The third-order valence-electron chi connectivity index (χ3n) is 4.14. The average molecular weight is 378 g/mol. The number of alkyl halides is 4. The molecule has 3 aromatic rings. The van der Waals surface area contributed by atoms with Crippen LogP contribution in [0.1, 0.15) is 12.2 Å². The second kappa shape index (κ2) is 6.60. The Morgan fingerprint density at radius 2 is 2.15 bits per heavy atom. The van der Waals surface area contributed by atoms with E-state index in [4.69, 9.17) is 0 Å². The fourth-order valence-corrected chi connectivity index (χ4v) is 2.93. The molecule has 0 aliphatic heterocycles. The van der Waals surface area contributed by atoms with Gasteiger partial charge in [0, 0.05) is 12.6 Å². The van der Waals surface area contributed by atoms with E-state index in [1.54, 1.807) is 36.6 Å². The van der Waals surface area contributed by atoms with Gasteiger partial charge >= 0.3 is 6.18 Å². The maximum absolute atomic E-state index is 14.1. The molecule has 3 heterocycles. The maximum atomic E-state index is 14.1. The summed E-state index contributed by atoms with van der Waals surface area (Å²) in [6.07, 6.45) is 0.379. The molecule has 1 N–H and O–H groups in total. The van der Waals surface area contributed by atoms with Crippen molar-refractivity contribution in [3.63, 3.8) is 0 Å². The van der Waals surface area contributed by atoms with Gasteiger partial charge in [0.15, 0.2) is 5.65 Å². The number of fused-ring (bicyclic) bond motifs is 1. The molecule has 6 nitrogen and oxygen atoms in total. The Labute approximate surface area is 150 Å². The third-order valence-corrected chi connectivity index (χ3v) is 4.14. The number of hydrogen-bond acceptors (Lipinski definition) is 4. The summed E-state index contributed by atoms with van der Waals surface area (Å²) in [7, 11) is 0. The molecule has 0 amide bonds. The smallest absolute Gasteiger partial charge is 0.262 e. The maximum Gasteiger partial charge on any atom is 0.396 e. The lowest BCUT2D eigenvalue weighted by molar-refractivity contribution is -0.128. The van der Waals surface area contributed by atoms with Crippen LogP contribution in [0.25, 0.3) is 22.6 Å². The average Bonchev–Trinajstić information content (AvgIpc) is 3.20. The van der Waals surface area contributed by atoms with Crippen molar-refractivity contribution in [1.82, 2.24) is 29.9 Å². The first-order chi connectivity index (χ1) is 12.9. The van der Waals surface area contributed by atoms with Crippen LogP contribution in [0.5, 0.6) is 0 Å². The normalized spacial score (nSPS) is 17.5. The number of nitrogens with one attached hydrogen (secondary N) is 1. The van der Waals surface area contributed by atoms with Crippen molar-refractivity contribution in [3.05, 3.63) is 48.0 Å². The van der Waals surface area contributed by atoms with Gasteiger partial charge in [0.1, 0.15) is 24.1 Å². The quantitative estimate of drug-likeness (QED) is 0.705. The Morgan fingerprint density at radius 3 is 2.93 bits per heavy atom. The Balaban J connectivity index is 1.72. The molecule has 0 aromatic carbocycles. The van der Waals surface area contributed by atoms with E-state index in [1.165, 1.54) is 4.68 Å². The molecule has 0 radical (unpaired) electrons. The van der Waals surface area contributed by atoms with Crippen LogP contribution in [0.4, 0.5) is 17.6 Å². The van der Waals surface area contributed by atoms with Gasteiger partial charge in [-0.3, -0.25) is 5.10 Å². The number of halogens is 4. The number of allylic oxidation sites excluding steroid dienone is 4. The number of aromatic amines is 1. The highest BCUT2D eigenvalue weighted by atomic mass is 19.4. The summed E-state index contributed by atoms with van der Waals surface area (Å²) in [6, 6.07) is 3.41. The lowest BCUT2D eigenvalue weighted by atomic mass is 10.0. The van der Waals surface area contributed by atoms with Crippen molar-refractivity contribution < 1.29 is 17.6 Å². The van der Waals surface area contributed by atoms with Gasteiger partial charge < -0.3 is 0 Å². The highest BCUT2D eigenvalue weighted by Gasteiger charge is 2.30. The molecule has 10 heteroatoms. The SMILES string of the molecule is FC1CC=CC=C1Cn1nc(-c2n[nH]c(CC(F)(F)F)n2)c2cccnc21. The summed E-state index contributed by atoms with van der Waals surface area (Å²) in [6.45, 7) is 0.179. The van der Waals surface area contributed by atoms with Crippen LogP contribution in [0.2, 0.25) is 0 Å². The Hall–Kier alpha value is -3.04. The minimum Gasteiger partial charge on any atom is -0.262 e. The fourth-order valence-electron chi connectivity index (χ4n) is 2.93. The predicted octanol–water partition coefficient (Wildman–Crippen LogP) is 3.55. The lowest BCUT2D eigenvalue weighted by Gasteiger charge is -2.14. The third kappa shape index (κ3) is 3.60. The number of nitrogens with zero attached hydrogens (tertiary/aromatic N) is 5. The van der Waals surface area contributed by atoms with Crippen molar-refractivity contribution in [3.8, 4) is 11.5 Å². The topological polar surface area (TPSA) is 72.3 Å². The van der Waals surface area contributed by atoms with Crippen molar-refractivity contribution in [2.24, 2.45) is 0 Å². The van der Waals surface area contributed by atoms with Gasteiger partial charge in [-0.1, -0.05) is 18.2 Å². The molecule has 1 aliphatic rings. The molecule has 0 bridgehead atoms. The van der Waals surface area contributed by atoms with Crippen molar-refractivity contribution in [2.45, 2.75) is 31.7 Å². The Kier molecular flexibility index (Phi) is 4.25. The van der Waals surface area contributed by atoms with Crippen molar-refractivity contribution in [1.29, 1.82) is 0 Å². The fraction of sp³-hybridized carbons (Fsp3) is 0.294. The highest BCUT2D eigenvalue weighted by Crippen LogP contribution is 2.27. The molecule has 1 unspecified atom stereocenters. The molecule has 140 valence electrons. The first-order valence-electron chi connectivity index (χ1n) is 8.20. The molecular weight excluding hydrogens is 364 g/mol. The summed E-state index contributed by atoms with van der Waals surface area (Å²) in [5, 5.41) is 11.1. The number of aromatic nitrogens is 6. The second-order valence-electron chi connectivity index (χ2n) is 6.15. The van der Waals surface area contributed by atoms with Crippen LogP contribution in [0.3, 0.4) is 0 Å². The largest absolute Gasteiger partial charge is 0.396 e. The molecule has 1 atom stereocenters. The van der Waals surface area contributed by atoms with Crippen LogP contribution in [-0.2, 0) is 13.0 Å². The second-order valence-corrected chi connectivity index (χ2v) is 6.15. The van der Waals surface area contributed by atoms with Gasteiger partial charge in [-0.2, -0.15) is 23.4 Å². The molecular formula is C17H14F4N6. The zero-order valence-corrected chi connectivity index (χ0v) is 13.9. The minimum atomic E-state index is -4.39. The highest BCUT2D eigenvalue weighted by molar-refractivity contribution is 5.89. The molecule has 0 saturated heterocycles. The molecule has 27 heavy (non-hydrogen) atoms. The summed E-state index contributed by atoms with van der Waals surface area (Å²) < 4.78 is 53.3. The number of pyridine rings is 1. The van der Waals surface area contributed by atoms with Gasteiger partial charge in [0.2, 0.25) is 5.82 Å². The zero-order valence-electron chi connectivity index (χ0n) is 13.9. The van der Waals surface area contributed by atoms with Gasteiger partial charge in [-0.05, 0) is 17.7 Å². The van der Waals surface area contributed by atoms with Crippen LogP contribution < -0.4 is 0 Å². The zero-order chi connectivity index (χ0) is 19.0. The van der Waals surface area contributed by atoms with Gasteiger partial charge in [0.25, 0.3) is 0 Å². The van der Waals surface area contributed by atoms with Gasteiger partial charge in [0.05, 0.1) is 11.9 Å². The first-order valence-corrected chi connectivity index (χ1v) is 8.20. The van der Waals surface area contributed by atoms with E-state index >= 15 is 0 Å². The number of hydrogen-bond donors (Lipinski definition) is 1. The predicted molar refractivity (Wildman–Crippen MR) is 89.4 cm³/mol. The van der Waals surface area contributed by atoms with Crippen LogP contribution in [-0.4, -0.2) is 42.3 Å². The summed E-state index contributed by atoms with van der Waals surface area (Å²) >= 11 is 0. The molecule has 1 aliphatic carbocycles. The molecule has 4 rings (SSSR count). The van der Waals surface area contributed by atoms with Crippen LogP contribution in [0.15, 0.2) is 42.1 Å². The van der Waals surface area contributed by atoms with E-state index in [9.17, 15) is 17.6 Å². The van der Waals surface area contributed by atoms with E-state index in [1.807, 2.05) is 0 Å². The monoisotopic (exact) mass is 378 g/mol. The van der Waals surface area contributed by atoms with Crippen molar-refractivity contribution >= 4 is 11.0 Å². The summed E-state index contributed by atoms with van der Waals surface area (Å²) in [4.78, 5) is 8.17. The van der Waals surface area contributed by atoms with Gasteiger partial charge in [-0.25, -0.2) is 19.0 Å². The number of rotatable bonds is 4. The standard InChI is InChI=1S/C17H14F4N6/c18-12-6-2-1-4-10(12)9-27-16-11(5-3-7-22-16)14(26-27)15-23-13(24-25-15)8-17(19,20)21/h1-5,7,12H,6,8-9H2,(H,23,24,25). The molecule has 3 aromatic heterocycles. The molecule has 0 fully saturated rings. The van der Waals surface area contributed by atoms with Crippen LogP contribution >= 0.6 is 0 Å². The summed E-state index contributed by atoms with van der Waals surface area (Å²) in [5.74, 6) is -0.256. The van der Waals surface area contributed by atoms with Gasteiger partial charge in [-0.15, -0.1) is 0 Å². The number of H-pyrrole nitrogens is 1. The molecule has 0 saturated carbocycles. The lowest BCUT2D eigenvalue weighted by Crippen LogP contribution is -2.14. The van der Waals surface area contributed by atoms with E-state index < -0.39 is 18.8 Å². The van der Waals surface area contributed by atoms with E-state index in [0.717, 1.165) is 0 Å². The Morgan fingerprint density at radius 1 is 1.30 bits per heavy atom. The molecule has 0 spiro atoms. The first kappa shape index (κ1) is 17.4. The van der Waals surface area contributed by atoms with E-state index in [2.05, 4.69) is 25.3 Å². The van der Waals surface area contributed by atoms with E-state index in [-0.39, 0.29) is 18.2 Å². The minimum absolute atomic E-state index is 0.0420. The summed E-state index contributed by atoms with van der Waals surface area (Å²) in [5.41, 5.74) is 1.33.